The predicted octanol–water partition coefficient (Wildman–Crippen LogP) is 1.91. The number of benzene rings is 1. The second-order valence-corrected chi connectivity index (χ2v) is 10.1. The molecule has 0 radical (unpaired) electrons. The molecule has 1 amide bonds. The smallest absolute Gasteiger partial charge is 0.231 e. The number of halogens is 1. The number of nitrogens with zero attached hydrogens (tertiary/aromatic N) is 1. The molecule has 2 saturated heterocycles. The normalized spacial score (nSPS) is 25.5. The number of nitrogens with one attached hydrogen (secondary N) is 2. The van der Waals surface area contributed by atoms with Crippen LogP contribution in [0.2, 0.25) is 0 Å². The highest BCUT2D eigenvalue weighted by Crippen LogP contribution is 2.37. The van der Waals surface area contributed by atoms with Crippen molar-refractivity contribution >= 4 is 28.3 Å². The zero-order valence-electron chi connectivity index (χ0n) is 16.7. The molecule has 158 valence electrons. The van der Waals surface area contributed by atoms with Gasteiger partial charge in [-0.2, -0.15) is 0 Å². The van der Waals surface area contributed by atoms with E-state index in [0.29, 0.717) is 31.8 Å². The third-order valence-electron chi connectivity index (χ3n) is 6.24. The second-order valence-electron chi connectivity index (χ2n) is 7.80. The maximum Gasteiger partial charge on any atom is 0.231 e. The molecule has 0 aliphatic carbocycles. The summed E-state index contributed by atoms with van der Waals surface area (Å²) in [6.07, 6.45) is 2.07. The molecule has 2 heterocycles. The van der Waals surface area contributed by atoms with E-state index in [9.17, 15) is 13.2 Å². The number of hydrogen-bond donors (Lipinski definition) is 2. The van der Waals surface area contributed by atoms with Crippen LogP contribution in [0.15, 0.2) is 30.3 Å². The minimum Gasteiger partial charge on any atom is -0.351 e. The molecule has 2 N–H and O–H groups in total. The topological polar surface area (TPSA) is 78.5 Å². The molecule has 0 bridgehead atoms. The minimum absolute atomic E-state index is 0. The summed E-state index contributed by atoms with van der Waals surface area (Å²) in [7, 11) is -3.22. The molecule has 6 nitrogen and oxygen atoms in total. The van der Waals surface area contributed by atoms with Gasteiger partial charge in [-0.25, -0.2) is 12.7 Å². The average molecular weight is 430 g/mol. The Balaban J connectivity index is 0.00000280. The molecular formula is C20H32ClN3O3S. The second kappa shape index (κ2) is 9.57. The van der Waals surface area contributed by atoms with Crippen molar-refractivity contribution in [1.29, 1.82) is 0 Å². The molecule has 28 heavy (non-hydrogen) atoms. The maximum atomic E-state index is 13.5. The lowest BCUT2D eigenvalue weighted by Gasteiger charge is -2.42. The van der Waals surface area contributed by atoms with Gasteiger partial charge >= 0.3 is 0 Å². The number of carbonyl (C=O) groups is 1. The fourth-order valence-electron chi connectivity index (χ4n) is 4.22. The van der Waals surface area contributed by atoms with Crippen molar-refractivity contribution in [2.24, 2.45) is 5.92 Å². The lowest BCUT2D eigenvalue weighted by Crippen LogP contribution is -2.58. The van der Waals surface area contributed by atoms with E-state index in [1.807, 2.05) is 30.3 Å². The standard InChI is InChI=1S/C20H31N3O3S.ClH/c1-3-27(25,26)23-13-10-20(11-14-23,17-7-5-4-6-8-17)19(24)22-18-15-21-12-9-16(18)2;/h4-8,16,18,21H,3,9-15H2,1-2H3,(H,22,24);1H. The van der Waals surface area contributed by atoms with Crippen molar-refractivity contribution in [2.45, 2.75) is 44.6 Å². The van der Waals surface area contributed by atoms with Crippen LogP contribution in [-0.4, -0.2) is 56.6 Å². The van der Waals surface area contributed by atoms with Crippen molar-refractivity contribution in [3.63, 3.8) is 0 Å². The first-order chi connectivity index (χ1) is 12.9. The Kier molecular flexibility index (Phi) is 7.90. The van der Waals surface area contributed by atoms with Crippen LogP contribution in [0.4, 0.5) is 0 Å². The van der Waals surface area contributed by atoms with Gasteiger partial charge in [-0.05, 0) is 44.2 Å². The van der Waals surface area contributed by atoms with Crippen molar-refractivity contribution in [3.8, 4) is 0 Å². The first kappa shape index (κ1) is 23.1. The van der Waals surface area contributed by atoms with E-state index >= 15 is 0 Å². The summed E-state index contributed by atoms with van der Waals surface area (Å²) in [5.41, 5.74) is 0.311. The Labute approximate surface area is 174 Å². The fourth-order valence-corrected chi connectivity index (χ4v) is 5.33. The van der Waals surface area contributed by atoms with Crippen molar-refractivity contribution in [3.05, 3.63) is 35.9 Å². The van der Waals surface area contributed by atoms with Gasteiger partial charge in [0.1, 0.15) is 0 Å². The number of piperidine rings is 2. The van der Waals surface area contributed by atoms with Gasteiger partial charge in [0, 0.05) is 25.7 Å². The Morgan fingerprint density at radius 1 is 1.25 bits per heavy atom. The molecular weight excluding hydrogens is 398 g/mol. The predicted molar refractivity (Wildman–Crippen MR) is 114 cm³/mol. The molecule has 2 unspecified atom stereocenters. The van der Waals surface area contributed by atoms with E-state index < -0.39 is 15.4 Å². The molecule has 2 aliphatic heterocycles. The SMILES string of the molecule is CCS(=O)(=O)N1CCC(C(=O)NC2CNCCC2C)(c2ccccc2)CC1.Cl. The monoisotopic (exact) mass is 429 g/mol. The lowest BCUT2D eigenvalue weighted by molar-refractivity contribution is -0.129. The zero-order valence-corrected chi connectivity index (χ0v) is 18.3. The van der Waals surface area contributed by atoms with Crippen LogP contribution in [0, 0.1) is 5.92 Å². The number of amides is 1. The molecule has 1 aromatic carbocycles. The van der Waals surface area contributed by atoms with Gasteiger partial charge in [-0.3, -0.25) is 4.79 Å². The number of sulfonamides is 1. The molecule has 3 rings (SSSR count). The highest BCUT2D eigenvalue weighted by atomic mass is 35.5. The summed E-state index contributed by atoms with van der Waals surface area (Å²) in [5, 5.41) is 6.63. The minimum atomic E-state index is -3.22. The van der Waals surface area contributed by atoms with Gasteiger partial charge in [0.2, 0.25) is 15.9 Å². The first-order valence-corrected chi connectivity index (χ1v) is 11.5. The van der Waals surface area contributed by atoms with Crippen LogP contribution in [0.3, 0.4) is 0 Å². The molecule has 0 aromatic heterocycles. The number of hydrogen-bond acceptors (Lipinski definition) is 4. The van der Waals surface area contributed by atoms with Gasteiger partial charge in [0.05, 0.1) is 11.2 Å². The molecule has 8 heteroatoms. The van der Waals surface area contributed by atoms with E-state index in [1.54, 1.807) is 6.92 Å². The number of carbonyl (C=O) groups excluding carboxylic acids is 1. The third kappa shape index (κ3) is 4.70. The molecule has 2 aliphatic rings. The number of rotatable bonds is 5. The molecule has 1 aromatic rings. The van der Waals surface area contributed by atoms with Crippen molar-refractivity contribution in [2.75, 3.05) is 31.9 Å². The summed E-state index contributed by atoms with van der Waals surface area (Å²) in [5.74, 6) is 0.564. The van der Waals surface area contributed by atoms with Crippen LogP contribution < -0.4 is 10.6 Å². The van der Waals surface area contributed by atoms with Gasteiger partial charge in [0.25, 0.3) is 0 Å². The van der Waals surface area contributed by atoms with Crippen LogP contribution >= 0.6 is 12.4 Å². The highest BCUT2D eigenvalue weighted by Gasteiger charge is 2.45. The molecule has 0 saturated carbocycles. The van der Waals surface area contributed by atoms with Crippen molar-refractivity contribution in [1.82, 2.24) is 14.9 Å². The molecule has 2 fully saturated rings. The van der Waals surface area contributed by atoms with E-state index in [0.717, 1.165) is 25.1 Å². The van der Waals surface area contributed by atoms with E-state index in [-0.39, 0.29) is 30.1 Å². The lowest BCUT2D eigenvalue weighted by atomic mass is 9.72. The Bertz CT molecular complexity index is 749. The summed E-state index contributed by atoms with van der Waals surface area (Å²) >= 11 is 0. The van der Waals surface area contributed by atoms with Crippen molar-refractivity contribution < 1.29 is 13.2 Å². The summed E-state index contributed by atoms with van der Waals surface area (Å²) in [6, 6.07) is 9.94. The Morgan fingerprint density at radius 3 is 2.46 bits per heavy atom. The van der Waals surface area contributed by atoms with E-state index in [4.69, 9.17) is 0 Å². The van der Waals surface area contributed by atoms with E-state index in [1.165, 1.54) is 4.31 Å². The summed E-state index contributed by atoms with van der Waals surface area (Å²) in [4.78, 5) is 13.5. The average Bonchev–Trinajstić information content (AvgIpc) is 2.70. The van der Waals surface area contributed by atoms with Gasteiger partial charge < -0.3 is 10.6 Å². The summed E-state index contributed by atoms with van der Waals surface area (Å²) < 4.78 is 26.0. The zero-order chi connectivity index (χ0) is 19.5. The molecule has 2 atom stereocenters. The van der Waals surface area contributed by atoms with Crippen LogP contribution in [0.5, 0.6) is 0 Å². The maximum absolute atomic E-state index is 13.5. The van der Waals surface area contributed by atoms with Crippen LogP contribution in [-0.2, 0) is 20.2 Å². The molecule has 0 spiro atoms. The first-order valence-electron chi connectivity index (χ1n) is 9.94. The Hall–Kier alpha value is -1.15. The van der Waals surface area contributed by atoms with E-state index in [2.05, 4.69) is 17.6 Å². The van der Waals surface area contributed by atoms with Gasteiger partial charge in [-0.1, -0.05) is 37.3 Å². The van der Waals surface area contributed by atoms with Gasteiger partial charge in [-0.15, -0.1) is 12.4 Å². The Morgan fingerprint density at radius 2 is 1.89 bits per heavy atom. The van der Waals surface area contributed by atoms with Crippen LogP contribution in [0.1, 0.15) is 38.7 Å². The summed E-state index contributed by atoms with van der Waals surface area (Å²) in [6.45, 7) is 6.39. The van der Waals surface area contributed by atoms with Gasteiger partial charge in [0.15, 0.2) is 0 Å². The fraction of sp³-hybridized carbons (Fsp3) is 0.650. The van der Waals surface area contributed by atoms with Crippen LogP contribution in [0.25, 0.3) is 0 Å². The third-order valence-corrected chi connectivity index (χ3v) is 8.12. The highest BCUT2D eigenvalue weighted by molar-refractivity contribution is 7.89. The largest absolute Gasteiger partial charge is 0.351 e. The quantitative estimate of drug-likeness (QED) is 0.749.